The van der Waals surface area contributed by atoms with Crippen LogP contribution in [0, 0.1) is 5.41 Å². The average Bonchev–Trinajstić information content (AvgIpc) is 2.56. The summed E-state index contributed by atoms with van der Waals surface area (Å²) in [7, 11) is 0. The minimum Gasteiger partial charge on any atom is -0.481 e. The van der Waals surface area contributed by atoms with E-state index in [4.69, 9.17) is 15.3 Å². The SMILES string of the molecule is C[C@](CN)(Cc1ccco1)C(=O)O. The second kappa shape index (κ2) is 3.62. The van der Waals surface area contributed by atoms with Crippen LogP contribution in [0.1, 0.15) is 12.7 Å². The van der Waals surface area contributed by atoms with Gasteiger partial charge in [0.2, 0.25) is 0 Å². The summed E-state index contributed by atoms with van der Waals surface area (Å²) >= 11 is 0. The molecule has 0 radical (unpaired) electrons. The molecule has 1 heterocycles. The molecule has 0 aliphatic carbocycles. The number of furan rings is 1. The van der Waals surface area contributed by atoms with Crippen LogP contribution >= 0.6 is 0 Å². The van der Waals surface area contributed by atoms with Gasteiger partial charge in [0.1, 0.15) is 5.76 Å². The van der Waals surface area contributed by atoms with E-state index in [2.05, 4.69) is 0 Å². The molecule has 1 aromatic rings. The van der Waals surface area contributed by atoms with Crippen molar-refractivity contribution in [1.82, 2.24) is 0 Å². The zero-order valence-electron chi connectivity index (χ0n) is 7.49. The third-order valence-electron chi connectivity index (χ3n) is 2.11. The van der Waals surface area contributed by atoms with E-state index in [0.29, 0.717) is 12.2 Å². The zero-order chi connectivity index (χ0) is 9.90. The van der Waals surface area contributed by atoms with E-state index in [9.17, 15) is 4.79 Å². The zero-order valence-corrected chi connectivity index (χ0v) is 7.49. The van der Waals surface area contributed by atoms with Crippen LogP contribution in [0.4, 0.5) is 0 Å². The van der Waals surface area contributed by atoms with Gasteiger partial charge in [0.25, 0.3) is 0 Å². The second-order valence-corrected chi connectivity index (χ2v) is 3.33. The van der Waals surface area contributed by atoms with Crippen molar-refractivity contribution in [2.24, 2.45) is 11.1 Å². The topological polar surface area (TPSA) is 76.5 Å². The molecule has 0 fully saturated rings. The monoisotopic (exact) mass is 183 g/mol. The van der Waals surface area contributed by atoms with Gasteiger partial charge in [-0.15, -0.1) is 0 Å². The maximum absolute atomic E-state index is 10.9. The van der Waals surface area contributed by atoms with Gasteiger partial charge in [-0.25, -0.2) is 0 Å². The molecule has 4 nitrogen and oxygen atoms in total. The minimum absolute atomic E-state index is 0.100. The normalized spacial score (nSPS) is 15.2. The first-order valence-corrected chi connectivity index (χ1v) is 4.04. The van der Waals surface area contributed by atoms with E-state index in [1.807, 2.05) is 0 Å². The number of hydrogen-bond donors (Lipinski definition) is 2. The van der Waals surface area contributed by atoms with Crippen LogP contribution in [0.15, 0.2) is 22.8 Å². The lowest BCUT2D eigenvalue weighted by Crippen LogP contribution is -2.37. The van der Waals surface area contributed by atoms with Crippen LogP contribution in [0.2, 0.25) is 0 Å². The average molecular weight is 183 g/mol. The third-order valence-corrected chi connectivity index (χ3v) is 2.11. The first-order chi connectivity index (χ1) is 6.08. The molecule has 1 rings (SSSR count). The summed E-state index contributed by atoms with van der Waals surface area (Å²) in [5.41, 5.74) is 4.47. The maximum atomic E-state index is 10.9. The van der Waals surface area contributed by atoms with Crippen LogP contribution in [0.25, 0.3) is 0 Å². The minimum atomic E-state index is -0.933. The smallest absolute Gasteiger partial charge is 0.311 e. The third kappa shape index (κ3) is 2.09. The quantitative estimate of drug-likeness (QED) is 0.726. The standard InChI is InChI=1S/C9H13NO3/c1-9(6-10,8(11)12)5-7-3-2-4-13-7/h2-4H,5-6,10H2,1H3,(H,11,12)/t9-/m1/s1. The Labute approximate surface area is 76.3 Å². The van der Waals surface area contributed by atoms with Gasteiger partial charge < -0.3 is 15.3 Å². The molecule has 0 saturated carbocycles. The summed E-state index contributed by atoms with van der Waals surface area (Å²) in [4.78, 5) is 10.9. The summed E-state index contributed by atoms with van der Waals surface area (Å²) in [6.45, 7) is 1.71. The first-order valence-electron chi connectivity index (χ1n) is 4.04. The van der Waals surface area contributed by atoms with Gasteiger partial charge in [-0.3, -0.25) is 4.79 Å². The molecule has 13 heavy (non-hydrogen) atoms. The summed E-state index contributed by atoms with van der Waals surface area (Å²) < 4.78 is 5.06. The van der Waals surface area contributed by atoms with Crippen molar-refractivity contribution >= 4 is 5.97 Å². The number of carbonyl (C=O) groups is 1. The fourth-order valence-electron chi connectivity index (χ4n) is 1.03. The summed E-state index contributed by atoms with van der Waals surface area (Å²) in [5.74, 6) is -0.248. The molecular formula is C9H13NO3. The molecule has 4 heteroatoms. The van der Waals surface area contributed by atoms with E-state index in [1.165, 1.54) is 6.26 Å². The molecule has 0 unspecified atom stereocenters. The number of hydrogen-bond acceptors (Lipinski definition) is 3. The van der Waals surface area contributed by atoms with Crippen molar-refractivity contribution in [3.63, 3.8) is 0 Å². The van der Waals surface area contributed by atoms with Crippen molar-refractivity contribution < 1.29 is 14.3 Å². The van der Waals surface area contributed by atoms with Crippen molar-refractivity contribution in [2.45, 2.75) is 13.3 Å². The number of nitrogens with two attached hydrogens (primary N) is 1. The Morgan fingerprint density at radius 3 is 2.85 bits per heavy atom. The van der Waals surface area contributed by atoms with E-state index < -0.39 is 11.4 Å². The van der Waals surface area contributed by atoms with Gasteiger partial charge in [0, 0.05) is 13.0 Å². The molecule has 0 spiro atoms. The Hall–Kier alpha value is -1.29. The number of carboxylic acids is 1. The molecule has 1 aromatic heterocycles. The molecule has 0 saturated heterocycles. The van der Waals surface area contributed by atoms with Gasteiger partial charge in [-0.2, -0.15) is 0 Å². The molecule has 72 valence electrons. The van der Waals surface area contributed by atoms with Crippen molar-refractivity contribution in [1.29, 1.82) is 0 Å². The number of carboxylic acid groups (broad SMARTS) is 1. The highest BCUT2D eigenvalue weighted by atomic mass is 16.4. The second-order valence-electron chi connectivity index (χ2n) is 3.33. The molecule has 0 aliphatic rings. The van der Waals surface area contributed by atoms with E-state index in [1.54, 1.807) is 19.1 Å². The first kappa shape index (κ1) is 9.80. The van der Waals surface area contributed by atoms with E-state index >= 15 is 0 Å². The van der Waals surface area contributed by atoms with Gasteiger partial charge in [-0.05, 0) is 19.1 Å². The number of aliphatic carboxylic acids is 1. The highest BCUT2D eigenvalue weighted by Gasteiger charge is 2.32. The van der Waals surface area contributed by atoms with Crippen LogP contribution in [-0.2, 0) is 11.2 Å². The maximum Gasteiger partial charge on any atom is 0.311 e. The predicted octanol–water partition coefficient (Wildman–Crippen LogP) is 0.872. The lowest BCUT2D eigenvalue weighted by molar-refractivity contribution is -0.147. The lowest BCUT2D eigenvalue weighted by Gasteiger charge is -2.20. The Bertz CT molecular complexity index is 281. The van der Waals surface area contributed by atoms with Gasteiger partial charge >= 0.3 is 5.97 Å². The van der Waals surface area contributed by atoms with E-state index in [0.717, 1.165) is 0 Å². The summed E-state index contributed by atoms with van der Waals surface area (Å²) in [6.07, 6.45) is 1.85. The molecule has 0 bridgehead atoms. The van der Waals surface area contributed by atoms with Crippen molar-refractivity contribution in [3.05, 3.63) is 24.2 Å². The van der Waals surface area contributed by atoms with Gasteiger partial charge in [0.05, 0.1) is 11.7 Å². The van der Waals surface area contributed by atoms with Crippen LogP contribution in [-0.4, -0.2) is 17.6 Å². The molecule has 0 aromatic carbocycles. The fraction of sp³-hybridized carbons (Fsp3) is 0.444. The summed E-state index contributed by atoms with van der Waals surface area (Å²) in [5, 5.41) is 8.91. The van der Waals surface area contributed by atoms with Gasteiger partial charge in [0.15, 0.2) is 0 Å². The van der Waals surface area contributed by atoms with Crippen molar-refractivity contribution in [3.8, 4) is 0 Å². The van der Waals surface area contributed by atoms with E-state index in [-0.39, 0.29) is 6.54 Å². The molecule has 3 N–H and O–H groups in total. The molecule has 0 aliphatic heterocycles. The van der Waals surface area contributed by atoms with Crippen molar-refractivity contribution in [2.75, 3.05) is 6.54 Å². The molecule has 0 amide bonds. The fourth-order valence-corrected chi connectivity index (χ4v) is 1.03. The Morgan fingerprint density at radius 2 is 2.46 bits per heavy atom. The van der Waals surface area contributed by atoms with Crippen LogP contribution < -0.4 is 5.73 Å². The lowest BCUT2D eigenvalue weighted by atomic mass is 9.86. The van der Waals surface area contributed by atoms with Crippen LogP contribution in [0.3, 0.4) is 0 Å². The van der Waals surface area contributed by atoms with Gasteiger partial charge in [-0.1, -0.05) is 0 Å². The number of rotatable bonds is 4. The molecular weight excluding hydrogens is 170 g/mol. The summed E-state index contributed by atoms with van der Waals surface area (Å²) in [6, 6.07) is 3.48. The Morgan fingerprint density at radius 1 is 1.77 bits per heavy atom. The Balaban J connectivity index is 2.75. The largest absolute Gasteiger partial charge is 0.481 e. The predicted molar refractivity (Wildman–Crippen MR) is 47.2 cm³/mol. The van der Waals surface area contributed by atoms with Crippen LogP contribution in [0.5, 0.6) is 0 Å². The highest BCUT2D eigenvalue weighted by Crippen LogP contribution is 2.21. The highest BCUT2D eigenvalue weighted by molar-refractivity contribution is 5.74. The Kier molecular flexibility index (Phi) is 2.72. The molecule has 1 atom stereocenters.